The molecule has 1 aliphatic rings. The Morgan fingerprint density at radius 2 is 2.05 bits per heavy atom. The Labute approximate surface area is 125 Å². The van der Waals surface area contributed by atoms with Crippen LogP contribution in [0.3, 0.4) is 0 Å². The molecule has 6 heteroatoms. The summed E-state index contributed by atoms with van der Waals surface area (Å²) in [5, 5.41) is 6.50. The molecule has 0 unspecified atom stereocenters. The predicted octanol–water partition coefficient (Wildman–Crippen LogP) is 1.51. The zero-order valence-electron chi connectivity index (χ0n) is 13.0. The Bertz CT molecular complexity index is 515. The van der Waals surface area contributed by atoms with Crippen LogP contribution in [0, 0.1) is 0 Å². The molecule has 0 spiro atoms. The van der Waals surface area contributed by atoms with Gasteiger partial charge < -0.3 is 24.8 Å². The zero-order chi connectivity index (χ0) is 15.3. The highest BCUT2D eigenvalue weighted by Crippen LogP contribution is 2.32. The van der Waals surface area contributed by atoms with Crippen LogP contribution in [0.4, 0.5) is 0 Å². The Balaban J connectivity index is 1.86. The fraction of sp³-hybridized carbons (Fsp3) is 0.533. The average Bonchev–Trinajstić information content (AvgIpc) is 2.95. The van der Waals surface area contributed by atoms with Crippen molar-refractivity contribution in [1.29, 1.82) is 0 Å². The first-order valence-corrected chi connectivity index (χ1v) is 6.92. The highest BCUT2D eigenvalue weighted by Gasteiger charge is 2.17. The van der Waals surface area contributed by atoms with E-state index in [0.29, 0.717) is 19.9 Å². The topological polar surface area (TPSA) is 64.1 Å². The Kier molecular flexibility index (Phi) is 4.90. The Morgan fingerprint density at radius 1 is 1.29 bits per heavy atom. The molecule has 6 nitrogen and oxygen atoms in total. The first-order chi connectivity index (χ1) is 10.0. The molecule has 0 saturated carbocycles. The van der Waals surface area contributed by atoms with E-state index in [1.54, 1.807) is 14.2 Å². The zero-order valence-corrected chi connectivity index (χ0v) is 13.0. The number of ether oxygens (including phenoxy) is 3. The Hall–Kier alpha value is -1.95. The molecule has 21 heavy (non-hydrogen) atoms. The van der Waals surface area contributed by atoms with Crippen LogP contribution in [-0.2, 0) is 11.3 Å². The molecule has 1 aromatic rings. The molecular formula is C15H23N3O3. The van der Waals surface area contributed by atoms with Gasteiger partial charge in [-0.1, -0.05) is 6.07 Å². The van der Waals surface area contributed by atoms with Crippen molar-refractivity contribution in [2.75, 3.05) is 27.5 Å². The second kappa shape index (κ2) is 6.67. The number of nitrogens with one attached hydrogen (secondary N) is 2. The number of fused-ring (bicyclic) bond motifs is 1. The van der Waals surface area contributed by atoms with Gasteiger partial charge in [0.15, 0.2) is 17.5 Å². The van der Waals surface area contributed by atoms with Gasteiger partial charge in [-0.3, -0.25) is 4.99 Å². The number of benzene rings is 1. The minimum atomic E-state index is -0.240. The maximum absolute atomic E-state index is 5.37. The van der Waals surface area contributed by atoms with Gasteiger partial charge in [0.1, 0.15) is 0 Å². The number of methoxy groups -OCH3 is 1. The van der Waals surface area contributed by atoms with E-state index in [1.165, 1.54) is 0 Å². The van der Waals surface area contributed by atoms with Gasteiger partial charge in [0.2, 0.25) is 6.79 Å². The molecule has 0 aromatic heterocycles. The quantitative estimate of drug-likeness (QED) is 0.636. The first-order valence-electron chi connectivity index (χ1n) is 6.92. The van der Waals surface area contributed by atoms with Crippen molar-refractivity contribution in [2.45, 2.75) is 26.0 Å². The normalized spacial score (nSPS) is 14.2. The molecule has 0 saturated heterocycles. The smallest absolute Gasteiger partial charge is 0.231 e. The number of nitrogens with zero attached hydrogens (tertiary/aromatic N) is 1. The second-order valence-electron chi connectivity index (χ2n) is 5.43. The third-order valence-corrected chi connectivity index (χ3v) is 3.35. The monoisotopic (exact) mass is 293 g/mol. The lowest BCUT2D eigenvalue weighted by molar-refractivity contribution is 0.0268. The first kappa shape index (κ1) is 15.4. The summed E-state index contributed by atoms with van der Waals surface area (Å²) in [5.41, 5.74) is 0.865. The fourth-order valence-electron chi connectivity index (χ4n) is 1.83. The van der Waals surface area contributed by atoms with Crippen LogP contribution >= 0.6 is 0 Å². The van der Waals surface area contributed by atoms with E-state index in [-0.39, 0.29) is 5.60 Å². The summed E-state index contributed by atoms with van der Waals surface area (Å²) >= 11 is 0. The minimum absolute atomic E-state index is 0.240. The maximum atomic E-state index is 5.37. The molecule has 0 radical (unpaired) electrons. The summed E-state index contributed by atoms with van der Waals surface area (Å²) in [5.74, 6) is 2.32. The summed E-state index contributed by atoms with van der Waals surface area (Å²) < 4.78 is 16.0. The summed E-state index contributed by atoms with van der Waals surface area (Å²) in [7, 11) is 3.44. The van der Waals surface area contributed by atoms with E-state index in [4.69, 9.17) is 14.2 Å². The van der Waals surface area contributed by atoms with Gasteiger partial charge in [0.25, 0.3) is 0 Å². The highest BCUT2D eigenvalue weighted by molar-refractivity contribution is 5.79. The van der Waals surface area contributed by atoms with E-state index < -0.39 is 0 Å². The molecule has 1 heterocycles. The number of aliphatic imine (C=N–C) groups is 1. The summed E-state index contributed by atoms with van der Waals surface area (Å²) in [6, 6.07) is 5.90. The van der Waals surface area contributed by atoms with Crippen LogP contribution in [0.25, 0.3) is 0 Å². The van der Waals surface area contributed by atoms with E-state index >= 15 is 0 Å². The average molecular weight is 293 g/mol. The van der Waals surface area contributed by atoms with Crippen LogP contribution in [0.5, 0.6) is 11.5 Å². The van der Waals surface area contributed by atoms with Crippen molar-refractivity contribution in [2.24, 2.45) is 4.99 Å². The summed E-state index contributed by atoms with van der Waals surface area (Å²) in [6.45, 7) is 5.66. The van der Waals surface area contributed by atoms with Crippen LogP contribution in [-0.4, -0.2) is 39.1 Å². The Morgan fingerprint density at radius 3 is 2.76 bits per heavy atom. The van der Waals surface area contributed by atoms with E-state index in [1.807, 2.05) is 32.0 Å². The lowest BCUT2D eigenvalue weighted by atomic mass is 10.1. The van der Waals surface area contributed by atoms with Gasteiger partial charge in [0.05, 0.1) is 5.60 Å². The van der Waals surface area contributed by atoms with Crippen LogP contribution < -0.4 is 20.1 Å². The molecule has 0 aliphatic carbocycles. The maximum Gasteiger partial charge on any atom is 0.231 e. The summed E-state index contributed by atoms with van der Waals surface area (Å²) in [4.78, 5) is 4.20. The molecule has 1 aliphatic heterocycles. The highest BCUT2D eigenvalue weighted by atomic mass is 16.7. The van der Waals surface area contributed by atoms with Gasteiger partial charge in [-0.05, 0) is 31.5 Å². The number of guanidine groups is 1. The molecule has 0 amide bonds. The van der Waals surface area contributed by atoms with Gasteiger partial charge in [-0.15, -0.1) is 0 Å². The van der Waals surface area contributed by atoms with Crippen molar-refractivity contribution in [3.05, 3.63) is 23.8 Å². The fourth-order valence-corrected chi connectivity index (χ4v) is 1.83. The van der Waals surface area contributed by atoms with Crippen LogP contribution in [0.2, 0.25) is 0 Å². The molecule has 0 atom stereocenters. The van der Waals surface area contributed by atoms with Crippen molar-refractivity contribution in [3.63, 3.8) is 0 Å². The second-order valence-corrected chi connectivity index (χ2v) is 5.43. The lowest BCUT2D eigenvalue weighted by Crippen LogP contribution is -2.45. The van der Waals surface area contributed by atoms with Crippen LogP contribution in [0.15, 0.2) is 23.2 Å². The van der Waals surface area contributed by atoms with Crippen molar-refractivity contribution in [1.82, 2.24) is 10.6 Å². The predicted molar refractivity (Wildman–Crippen MR) is 81.9 cm³/mol. The van der Waals surface area contributed by atoms with Crippen LogP contribution in [0.1, 0.15) is 19.4 Å². The van der Waals surface area contributed by atoms with Gasteiger partial charge >= 0.3 is 0 Å². The van der Waals surface area contributed by atoms with E-state index in [2.05, 4.69) is 15.6 Å². The number of rotatable bonds is 5. The third kappa shape index (κ3) is 4.26. The van der Waals surface area contributed by atoms with E-state index in [9.17, 15) is 0 Å². The van der Waals surface area contributed by atoms with E-state index in [0.717, 1.165) is 23.0 Å². The number of hydrogen-bond donors (Lipinski definition) is 2. The molecule has 2 N–H and O–H groups in total. The van der Waals surface area contributed by atoms with Gasteiger partial charge in [-0.25, -0.2) is 0 Å². The minimum Gasteiger partial charge on any atom is -0.454 e. The van der Waals surface area contributed by atoms with Crippen molar-refractivity contribution >= 4 is 5.96 Å². The molecule has 116 valence electrons. The summed E-state index contributed by atoms with van der Waals surface area (Å²) in [6.07, 6.45) is 0. The van der Waals surface area contributed by atoms with Crippen molar-refractivity contribution in [3.8, 4) is 11.5 Å². The van der Waals surface area contributed by atoms with Crippen molar-refractivity contribution < 1.29 is 14.2 Å². The largest absolute Gasteiger partial charge is 0.454 e. The molecule has 0 fully saturated rings. The third-order valence-electron chi connectivity index (χ3n) is 3.35. The molecular weight excluding hydrogens is 270 g/mol. The SMILES string of the molecule is CN=C(NCc1ccc2c(c1)OCO2)NCC(C)(C)OC. The van der Waals surface area contributed by atoms with Gasteiger partial charge in [0, 0.05) is 27.2 Å². The molecule has 2 rings (SSSR count). The lowest BCUT2D eigenvalue weighted by Gasteiger charge is -2.24. The molecule has 1 aromatic carbocycles. The van der Waals surface area contributed by atoms with Gasteiger partial charge in [-0.2, -0.15) is 0 Å². The standard InChI is InChI=1S/C15H23N3O3/c1-15(2,19-4)9-18-14(16-3)17-8-11-5-6-12-13(7-11)21-10-20-12/h5-7H,8-10H2,1-4H3,(H2,16,17,18). The number of hydrogen-bond acceptors (Lipinski definition) is 4. The molecule has 0 bridgehead atoms.